The quantitative estimate of drug-likeness (QED) is 0.860. The minimum atomic E-state index is -3.12. The lowest BCUT2D eigenvalue weighted by Gasteiger charge is -2.34. The molecule has 1 aromatic heterocycles. The molecule has 3 rings (SSSR count). The zero-order valence-electron chi connectivity index (χ0n) is 12.6. The second-order valence-corrected chi connectivity index (χ2v) is 8.71. The van der Waals surface area contributed by atoms with E-state index >= 15 is 0 Å². The Labute approximate surface area is 135 Å². The highest BCUT2D eigenvalue weighted by molar-refractivity contribution is 7.90. The molecule has 0 radical (unpaired) electrons. The van der Waals surface area contributed by atoms with Crippen molar-refractivity contribution in [3.05, 3.63) is 46.4 Å². The molecule has 1 saturated heterocycles. The fourth-order valence-corrected chi connectivity index (χ4v) is 4.37. The van der Waals surface area contributed by atoms with E-state index in [1.54, 1.807) is 23.5 Å². The van der Waals surface area contributed by atoms with Gasteiger partial charge in [-0.3, -0.25) is 4.90 Å². The molecular weight excluding hydrogens is 316 g/mol. The summed E-state index contributed by atoms with van der Waals surface area (Å²) in [6.45, 7) is 1.91. The first-order valence-corrected chi connectivity index (χ1v) is 10.2. The number of aromatic nitrogens is 1. The van der Waals surface area contributed by atoms with E-state index in [4.69, 9.17) is 0 Å². The van der Waals surface area contributed by atoms with Gasteiger partial charge < -0.3 is 0 Å². The van der Waals surface area contributed by atoms with Crippen molar-refractivity contribution in [2.24, 2.45) is 0 Å². The Morgan fingerprint density at radius 3 is 2.68 bits per heavy atom. The molecule has 0 bridgehead atoms. The highest BCUT2D eigenvalue weighted by atomic mass is 32.2. The van der Waals surface area contributed by atoms with E-state index in [2.05, 4.69) is 9.88 Å². The Bertz CT molecular complexity index is 709. The molecule has 6 heteroatoms. The predicted octanol–water partition coefficient (Wildman–Crippen LogP) is 3.27. The Morgan fingerprint density at radius 2 is 2.05 bits per heavy atom. The molecule has 118 valence electrons. The average molecular weight is 336 g/mol. The minimum Gasteiger partial charge on any atom is -0.290 e. The largest absolute Gasteiger partial charge is 0.290 e. The fraction of sp³-hybridized carbons (Fsp3) is 0.438. The molecule has 1 fully saturated rings. The average Bonchev–Trinajstić information content (AvgIpc) is 3.01. The van der Waals surface area contributed by atoms with Crippen LogP contribution in [-0.4, -0.2) is 31.1 Å². The van der Waals surface area contributed by atoms with Crippen LogP contribution in [0.2, 0.25) is 0 Å². The van der Waals surface area contributed by atoms with E-state index in [9.17, 15) is 8.42 Å². The van der Waals surface area contributed by atoms with E-state index in [0.29, 0.717) is 10.9 Å². The summed E-state index contributed by atoms with van der Waals surface area (Å²) in [5, 5.41) is 3.22. The maximum Gasteiger partial charge on any atom is 0.175 e. The van der Waals surface area contributed by atoms with Crippen molar-refractivity contribution in [1.82, 2.24) is 9.88 Å². The zero-order chi connectivity index (χ0) is 15.6. The predicted molar refractivity (Wildman–Crippen MR) is 88.7 cm³/mol. The maximum atomic E-state index is 11.5. The molecule has 0 amide bonds. The third kappa shape index (κ3) is 3.56. The van der Waals surface area contributed by atoms with Crippen molar-refractivity contribution < 1.29 is 8.42 Å². The lowest BCUT2D eigenvalue weighted by atomic mass is 10.0. The number of benzene rings is 1. The standard InChI is InChI=1S/C16H20N2O2S2/c1-22(19,20)14-7-5-13(6-8-14)12-18-10-3-2-4-15(18)16-17-9-11-21-16/h5-9,11,15H,2-4,10,12H2,1H3/t15-/m0/s1. The molecule has 1 aromatic carbocycles. The molecule has 0 unspecified atom stereocenters. The van der Waals surface area contributed by atoms with E-state index in [-0.39, 0.29) is 0 Å². The summed E-state index contributed by atoms with van der Waals surface area (Å²) >= 11 is 1.72. The second-order valence-electron chi connectivity index (χ2n) is 5.77. The molecule has 2 aromatic rings. The summed E-state index contributed by atoms with van der Waals surface area (Å²) in [6, 6.07) is 7.64. The minimum absolute atomic E-state index is 0.381. The van der Waals surface area contributed by atoms with Crippen LogP contribution < -0.4 is 0 Å². The Morgan fingerprint density at radius 1 is 1.27 bits per heavy atom. The molecular formula is C16H20N2O2S2. The third-order valence-corrected chi connectivity index (χ3v) is 6.09. The summed E-state index contributed by atoms with van der Waals surface area (Å²) < 4.78 is 23.0. The normalized spacial score (nSPS) is 20.1. The van der Waals surface area contributed by atoms with Gasteiger partial charge in [0.2, 0.25) is 0 Å². The van der Waals surface area contributed by atoms with Crippen LogP contribution in [0.4, 0.5) is 0 Å². The van der Waals surface area contributed by atoms with Crippen LogP contribution in [0, 0.1) is 0 Å². The number of sulfone groups is 1. The first-order chi connectivity index (χ1) is 10.5. The zero-order valence-corrected chi connectivity index (χ0v) is 14.2. The van der Waals surface area contributed by atoms with Crippen LogP contribution in [0.3, 0.4) is 0 Å². The number of hydrogen-bond donors (Lipinski definition) is 0. The van der Waals surface area contributed by atoms with Gasteiger partial charge in [-0.1, -0.05) is 18.6 Å². The van der Waals surface area contributed by atoms with Crippen LogP contribution in [0.1, 0.15) is 35.9 Å². The molecule has 0 N–H and O–H groups in total. The highest BCUT2D eigenvalue weighted by Crippen LogP contribution is 2.33. The highest BCUT2D eigenvalue weighted by Gasteiger charge is 2.25. The number of nitrogens with zero attached hydrogens (tertiary/aromatic N) is 2. The Kier molecular flexibility index (Phi) is 4.61. The van der Waals surface area contributed by atoms with Gasteiger partial charge in [0.05, 0.1) is 10.9 Å². The number of likely N-dealkylation sites (tertiary alicyclic amines) is 1. The summed E-state index contributed by atoms with van der Waals surface area (Å²) in [4.78, 5) is 7.31. The van der Waals surface area contributed by atoms with Crippen LogP contribution >= 0.6 is 11.3 Å². The number of hydrogen-bond acceptors (Lipinski definition) is 5. The van der Waals surface area contributed by atoms with Gasteiger partial charge >= 0.3 is 0 Å². The molecule has 1 aliphatic rings. The van der Waals surface area contributed by atoms with Gasteiger partial charge in [-0.2, -0.15) is 0 Å². The molecule has 0 saturated carbocycles. The molecule has 1 aliphatic heterocycles. The van der Waals surface area contributed by atoms with E-state index in [1.165, 1.54) is 24.1 Å². The maximum absolute atomic E-state index is 11.5. The van der Waals surface area contributed by atoms with Gasteiger partial charge in [-0.15, -0.1) is 11.3 Å². The topological polar surface area (TPSA) is 50.3 Å². The number of thiazole rings is 1. The first-order valence-electron chi connectivity index (χ1n) is 7.46. The smallest absolute Gasteiger partial charge is 0.175 e. The Balaban J connectivity index is 1.76. The van der Waals surface area contributed by atoms with Gasteiger partial charge in [0, 0.05) is 24.4 Å². The second kappa shape index (κ2) is 6.48. The summed E-state index contributed by atoms with van der Waals surface area (Å²) in [5.74, 6) is 0. The van der Waals surface area contributed by atoms with Crippen molar-refractivity contribution >= 4 is 21.2 Å². The van der Waals surface area contributed by atoms with Crippen molar-refractivity contribution in [1.29, 1.82) is 0 Å². The summed E-state index contributed by atoms with van der Waals surface area (Å²) in [7, 11) is -3.12. The van der Waals surface area contributed by atoms with Crippen LogP contribution in [0.25, 0.3) is 0 Å². The number of rotatable bonds is 4. The van der Waals surface area contributed by atoms with Crippen LogP contribution in [0.15, 0.2) is 40.7 Å². The molecule has 0 spiro atoms. The summed E-state index contributed by atoms with van der Waals surface area (Å²) in [6.07, 6.45) is 6.71. The van der Waals surface area contributed by atoms with Crippen LogP contribution in [-0.2, 0) is 16.4 Å². The van der Waals surface area contributed by atoms with Crippen molar-refractivity contribution in [2.75, 3.05) is 12.8 Å². The molecule has 0 aliphatic carbocycles. The fourth-order valence-electron chi connectivity index (χ4n) is 2.94. The lowest BCUT2D eigenvalue weighted by Crippen LogP contribution is -2.32. The Hall–Kier alpha value is -1.24. The van der Waals surface area contributed by atoms with E-state index < -0.39 is 9.84 Å². The van der Waals surface area contributed by atoms with Gasteiger partial charge in [-0.25, -0.2) is 13.4 Å². The SMILES string of the molecule is CS(=O)(=O)c1ccc(CN2CCCC[C@H]2c2nccs2)cc1. The third-order valence-electron chi connectivity index (χ3n) is 4.09. The molecule has 2 heterocycles. The van der Waals surface area contributed by atoms with Crippen molar-refractivity contribution in [2.45, 2.75) is 36.7 Å². The molecule has 4 nitrogen and oxygen atoms in total. The summed E-state index contributed by atoms with van der Waals surface area (Å²) in [5.41, 5.74) is 1.15. The monoisotopic (exact) mass is 336 g/mol. The van der Waals surface area contributed by atoms with Crippen LogP contribution in [0.5, 0.6) is 0 Å². The molecule has 1 atom stereocenters. The van der Waals surface area contributed by atoms with Gasteiger partial charge in [0.15, 0.2) is 9.84 Å². The van der Waals surface area contributed by atoms with Gasteiger partial charge in [-0.05, 0) is 37.1 Å². The van der Waals surface area contributed by atoms with E-state index in [1.807, 2.05) is 23.7 Å². The molecule has 22 heavy (non-hydrogen) atoms. The first kappa shape index (κ1) is 15.6. The number of piperidine rings is 1. The van der Waals surface area contributed by atoms with Gasteiger partial charge in [0.25, 0.3) is 0 Å². The van der Waals surface area contributed by atoms with Crippen molar-refractivity contribution in [3.63, 3.8) is 0 Å². The lowest BCUT2D eigenvalue weighted by molar-refractivity contribution is 0.140. The van der Waals surface area contributed by atoms with Crippen molar-refractivity contribution in [3.8, 4) is 0 Å². The van der Waals surface area contributed by atoms with E-state index in [0.717, 1.165) is 25.1 Å². The van der Waals surface area contributed by atoms with Gasteiger partial charge in [0.1, 0.15) is 5.01 Å².